The fraction of sp³-hybridized carbons (Fsp3) is 0.235. The van der Waals surface area contributed by atoms with E-state index in [1.54, 1.807) is 0 Å². The van der Waals surface area contributed by atoms with Crippen LogP contribution in [0.5, 0.6) is 5.75 Å². The van der Waals surface area contributed by atoms with E-state index in [0.29, 0.717) is 0 Å². The number of amides is 1. The van der Waals surface area contributed by atoms with Crippen LogP contribution in [-0.2, 0) is 0 Å². The number of nitrogens with one attached hydrogen (secondary N) is 1. The first-order valence-electron chi connectivity index (χ1n) is 7.30. The molecule has 0 aliphatic carbocycles. The summed E-state index contributed by atoms with van der Waals surface area (Å²) in [5.41, 5.74) is 1.82. The summed E-state index contributed by atoms with van der Waals surface area (Å²) < 4.78 is 5.58. The molecule has 126 valence electrons. The summed E-state index contributed by atoms with van der Waals surface area (Å²) in [4.78, 5) is 22.5. The number of ether oxygens (including phenoxy) is 1. The predicted octanol–water partition coefficient (Wildman–Crippen LogP) is 3.67. The highest BCUT2D eigenvalue weighted by molar-refractivity contribution is 6.31. The van der Waals surface area contributed by atoms with Crippen LogP contribution in [0.15, 0.2) is 36.4 Å². The summed E-state index contributed by atoms with van der Waals surface area (Å²) in [6.07, 6.45) is 0. The maximum absolute atomic E-state index is 12.1. The second-order valence-corrected chi connectivity index (χ2v) is 5.78. The molecule has 2 aromatic carbocycles. The summed E-state index contributed by atoms with van der Waals surface area (Å²) >= 11 is 5.73. The van der Waals surface area contributed by atoms with E-state index in [0.717, 1.165) is 22.9 Å². The van der Waals surface area contributed by atoms with E-state index in [1.807, 2.05) is 32.0 Å². The van der Waals surface area contributed by atoms with Crippen molar-refractivity contribution >= 4 is 23.2 Å². The molecule has 0 unspecified atom stereocenters. The number of nitrogens with zero attached hydrogens (tertiary/aromatic N) is 1. The fourth-order valence-electron chi connectivity index (χ4n) is 2.29. The Morgan fingerprint density at radius 1 is 1.21 bits per heavy atom. The standard InChI is InChI=1S/C17H17ClN2O4/c1-11-7-12(2)9-14(8-11)24-6-5-19-17(21)15-4-3-13(18)10-16(15)20(22)23/h3-4,7-10H,5-6H2,1-2H3,(H,19,21). The van der Waals surface area contributed by atoms with Crippen molar-refractivity contribution in [3.05, 3.63) is 68.2 Å². The van der Waals surface area contributed by atoms with E-state index < -0.39 is 10.8 Å². The summed E-state index contributed by atoms with van der Waals surface area (Å²) in [7, 11) is 0. The number of benzene rings is 2. The molecule has 2 aromatic rings. The number of aryl methyl sites for hydroxylation is 2. The lowest BCUT2D eigenvalue weighted by molar-refractivity contribution is -0.385. The number of carbonyl (C=O) groups is 1. The molecule has 0 saturated heterocycles. The van der Waals surface area contributed by atoms with E-state index in [9.17, 15) is 14.9 Å². The number of hydrogen-bond acceptors (Lipinski definition) is 4. The van der Waals surface area contributed by atoms with Crippen LogP contribution in [0, 0.1) is 24.0 Å². The topological polar surface area (TPSA) is 81.5 Å². The second-order valence-electron chi connectivity index (χ2n) is 5.35. The molecular formula is C17H17ClN2O4. The molecule has 0 radical (unpaired) electrons. The number of nitro groups is 1. The summed E-state index contributed by atoms with van der Waals surface area (Å²) in [5, 5.41) is 13.8. The van der Waals surface area contributed by atoms with Crippen molar-refractivity contribution in [3.8, 4) is 5.75 Å². The molecule has 0 aliphatic heterocycles. The molecule has 6 nitrogen and oxygen atoms in total. The molecule has 0 saturated carbocycles. The van der Waals surface area contributed by atoms with Gasteiger partial charge in [-0.3, -0.25) is 14.9 Å². The number of nitro benzene ring substituents is 1. The smallest absolute Gasteiger partial charge is 0.283 e. The normalized spacial score (nSPS) is 10.3. The zero-order chi connectivity index (χ0) is 17.7. The third-order valence-electron chi connectivity index (χ3n) is 3.25. The Kier molecular flexibility index (Phi) is 5.76. The average molecular weight is 349 g/mol. The molecular weight excluding hydrogens is 332 g/mol. The Labute approximate surface area is 144 Å². The lowest BCUT2D eigenvalue weighted by Gasteiger charge is -2.09. The van der Waals surface area contributed by atoms with Crippen molar-refractivity contribution in [1.29, 1.82) is 0 Å². The van der Waals surface area contributed by atoms with Crippen LogP contribution in [0.25, 0.3) is 0 Å². The van der Waals surface area contributed by atoms with Gasteiger partial charge in [-0.05, 0) is 49.2 Å². The number of carbonyl (C=O) groups excluding carboxylic acids is 1. The quantitative estimate of drug-likeness (QED) is 0.490. The van der Waals surface area contributed by atoms with Gasteiger partial charge in [-0.1, -0.05) is 17.7 Å². The van der Waals surface area contributed by atoms with E-state index in [1.165, 1.54) is 12.1 Å². The Morgan fingerprint density at radius 2 is 1.88 bits per heavy atom. The van der Waals surface area contributed by atoms with Crippen LogP contribution >= 0.6 is 11.6 Å². The Bertz CT molecular complexity index is 757. The highest BCUT2D eigenvalue weighted by Gasteiger charge is 2.20. The van der Waals surface area contributed by atoms with Gasteiger partial charge in [0.05, 0.1) is 11.5 Å². The van der Waals surface area contributed by atoms with Crippen molar-refractivity contribution in [1.82, 2.24) is 5.32 Å². The number of hydrogen-bond donors (Lipinski definition) is 1. The third kappa shape index (κ3) is 4.70. The van der Waals surface area contributed by atoms with Crippen molar-refractivity contribution in [3.63, 3.8) is 0 Å². The zero-order valence-corrected chi connectivity index (χ0v) is 14.1. The van der Waals surface area contributed by atoms with Gasteiger partial charge in [0, 0.05) is 11.1 Å². The lowest BCUT2D eigenvalue weighted by Crippen LogP contribution is -2.28. The van der Waals surface area contributed by atoms with Gasteiger partial charge in [0.15, 0.2) is 0 Å². The highest BCUT2D eigenvalue weighted by atomic mass is 35.5. The molecule has 1 amide bonds. The minimum Gasteiger partial charge on any atom is -0.492 e. The molecule has 0 aliphatic rings. The molecule has 0 spiro atoms. The Morgan fingerprint density at radius 3 is 2.50 bits per heavy atom. The molecule has 0 fully saturated rings. The summed E-state index contributed by atoms with van der Waals surface area (Å²) in [6.45, 7) is 4.43. The molecule has 1 N–H and O–H groups in total. The van der Waals surface area contributed by atoms with Crippen LogP contribution in [-0.4, -0.2) is 24.0 Å². The maximum Gasteiger partial charge on any atom is 0.283 e. The second kappa shape index (κ2) is 7.79. The first-order chi connectivity index (χ1) is 11.4. The molecule has 0 atom stereocenters. The molecule has 24 heavy (non-hydrogen) atoms. The highest BCUT2D eigenvalue weighted by Crippen LogP contribution is 2.23. The monoisotopic (exact) mass is 348 g/mol. The minimum atomic E-state index is -0.632. The third-order valence-corrected chi connectivity index (χ3v) is 3.49. The van der Waals surface area contributed by atoms with Gasteiger partial charge < -0.3 is 10.1 Å². The largest absolute Gasteiger partial charge is 0.492 e. The van der Waals surface area contributed by atoms with Gasteiger partial charge in [-0.2, -0.15) is 0 Å². The minimum absolute atomic E-state index is 0.0317. The Balaban J connectivity index is 1.93. The number of halogens is 1. The van der Waals surface area contributed by atoms with Gasteiger partial charge in [-0.15, -0.1) is 0 Å². The summed E-state index contributed by atoms with van der Waals surface area (Å²) in [6, 6.07) is 9.77. The van der Waals surface area contributed by atoms with Gasteiger partial charge >= 0.3 is 0 Å². The van der Waals surface area contributed by atoms with Gasteiger partial charge in [0.25, 0.3) is 11.6 Å². The molecule has 7 heteroatoms. The van der Waals surface area contributed by atoms with Crippen LogP contribution in [0.3, 0.4) is 0 Å². The average Bonchev–Trinajstić information content (AvgIpc) is 2.50. The molecule has 0 bridgehead atoms. The lowest BCUT2D eigenvalue weighted by atomic mass is 10.1. The Hall–Kier alpha value is -2.60. The van der Waals surface area contributed by atoms with Crippen LogP contribution in [0.2, 0.25) is 5.02 Å². The maximum atomic E-state index is 12.1. The molecule has 0 heterocycles. The van der Waals surface area contributed by atoms with Crippen molar-refractivity contribution in [2.24, 2.45) is 0 Å². The van der Waals surface area contributed by atoms with E-state index in [2.05, 4.69) is 5.32 Å². The van der Waals surface area contributed by atoms with E-state index in [4.69, 9.17) is 16.3 Å². The van der Waals surface area contributed by atoms with Gasteiger partial charge in [-0.25, -0.2) is 0 Å². The van der Waals surface area contributed by atoms with Crippen LogP contribution in [0.1, 0.15) is 21.5 Å². The SMILES string of the molecule is Cc1cc(C)cc(OCCNC(=O)c2ccc(Cl)cc2[N+](=O)[O-])c1. The van der Waals surface area contributed by atoms with Crippen molar-refractivity contribution in [2.75, 3.05) is 13.2 Å². The van der Waals surface area contributed by atoms with Gasteiger partial charge in [0.2, 0.25) is 0 Å². The van der Waals surface area contributed by atoms with Crippen molar-refractivity contribution < 1.29 is 14.5 Å². The molecule has 0 aromatic heterocycles. The summed E-state index contributed by atoms with van der Waals surface area (Å²) in [5.74, 6) is 0.182. The first kappa shape index (κ1) is 17.7. The first-order valence-corrected chi connectivity index (χ1v) is 7.68. The molecule has 2 rings (SSSR count). The predicted molar refractivity (Wildman–Crippen MR) is 91.9 cm³/mol. The van der Waals surface area contributed by atoms with Gasteiger partial charge in [0.1, 0.15) is 17.9 Å². The van der Waals surface area contributed by atoms with Crippen LogP contribution in [0.4, 0.5) is 5.69 Å². The van der Waals surface area contributed by atoms with E-state index in [-0.39, 0.29) is 29.4 Å². The van der Waals surface area contributed by atoms with Crippen LogP contribution < -0.4 is 10.1 Å². The number of rotatable bonds is 6. The van der Waals surface area contributed by atoms with E-state index >= 15 is 0 Å². The zero-order valence-electron chi connectivity index (χ0n) is 13.3. The van der Waals surface area contributed by atoms with Crippen molar-refractivity contribution in [2.45, 2.75) is 13.8 Å². The fourth-order valence-corrected chi connectivity index (χ4v) is 2.46.